The van der Waals surface area contributed by atoms with Gasteiger partial charge in [-0.2, -0.15) is 0 Å². The monoisotopic (exact) mass is 317 g/mol. The Morgan fingerprint density at radius 2 is 2.05 bits per heavy atom. The molecule has 0 heterocycles. The molecule has 1 rings (SSSR count). The maximum atomic E-state index is 11.8. The summed E-state index contributed by atoms with van der Waals surface area (Å²) in [5.41, 5.74) is -0.347. The minimum atomic E-state index is -0.694. The summed E-state index contributed by atoms with van der Waals surface area (Å²) in [5, 5.41) is 10.5. The highest BCUT2D eigenvalue weighted by Crippen LogP contribution is 2.28. The van der Waals surface area contributed by atoms with Crippen molar-refractivity contribution in [2.45, 2.75) is 6.42 Å². The molecule has 1 aromatic carbocycles. The van der Waals surface area contributed by atoms with Gasteiger partial charge in [0.1, 0.15) is 5.02 Å². The molecule has 0 amide bonds. The van der Waals surface area contributed by atoms with E-state index in [9.17, 15) is 14.9 Å². The summed E-state index contributed by atoms with van der Waals surface area (Å²) in [6, 6.07) is 3.99. The Morgan fingerprint density at radius 1 is 1.29 bits per heavy atom. The van der Waals surface area contributed by atoms with Crippen LogP contribution in [0.5, 0.6) is 0 Å². The van der Waals surface area contributed by atoms with Crippen molar-refractivity contribution in [1.82, 2.24) is 0 Å². The van der Waals surface area contributed by atoms with Crippen LogP contribution in [-0.2, 0) is 14.2 Å². The van der Waals surface area contributed by atoms with E-state index in [4.69, 9.17) is 25.8 Å². The van der Waals surface area contributed by atoms with Gasteiger partial charge in [-0.3, -0.25) is 10.1 Å². The molecule has 0 fully saturated rings. The maximum Gasteiger partial charge on any atom is 0.339 e. The number of benzene rings is 1. The number of nitrogens with zero attached hydrogens (tertiary/aromatic N) is 1. The van der Waals surface area contributed by atoms with Crippen LogP contribution in [0.4, 0.5) is 5.69 Å². The van der Waals surface area contributed by atoms with E-state index >= 15 is 0 Å². The zero-order valence-electron chi connectivity index (χ0n) is 11.5. The Morgan fingerprint density at radius 3 is 2.71 bits per heavy atom. The molecule has 7 nitrogen and oxygen atoms in total. The van der Waals surface area contributed by atoms with E-state index < -0.39 is 10.9 Å². The smallest absolute Gasteiger partial charge is 0.339 e. The molecule has 0 N–H and O–H groups in total. The third-order valence-corrected chi connectivity index (χ3v) is 2.89. The van der Waals surface area contributed by atoms with Crippen molar-refractivity contribution < 1.29 is 23.9 Å². The summed E-state index contributed by atoms with van der Waals surface area (Å²) in [6.45, 7) is 1.55. The quantitative estimate of drug-likeness (QED) is 0.301. The van der Waals surface area contributed by atoms with Crippen LogP contribution in [0.15, 0.2) is 18.2 Å². The average molecular weight is 318 g/mol. The van der Waals surface area contributed by atoms with E-state index in [1.54, 1.807) is 7.11 Å². The summed E-state index contributed by atoms with van der Waals surface area (Å²) in [6.07, 6.45) is 0.516. The molecule has 0 atom stereocenters. The molecule has 0 bridgehead atoms. The third kappa shape index (κ3) is 5.66. The fourth-order valence-electron chi connectivity index (χ4n) is 1.47. The first kappa shape index (κ1) is 17.4. The minimum absolute atomic E-state index is 0.0221. The molecule has 0 radical (unpaired) electrons. The first-order valence-electron chi connectivity index (χ1n) is 6.24. The van der Waals surface area contributed by atoms with Crippen LogP contribution in [0, 0.1) is 10.1 Å². The van der Waals surface area contributed by atoms with Gasteiger partial charge in [0, 0.05) is 26.2 Å². The molecule has 1 aromatic rings. The normalized spacial score (nSPS) is 10.4. The van der Waals surface area contributed by atoms with Gasteiger partial charge in [-0.1, -0.05) is 17.7 Å². The number of ether oxygens (including phenoxy) is 3. The molecule has 0 aliphatic heterocycles. The zero-order valence-corrected chi connectivity index (χ0v) is 12.3. The minimum Gasteiger partial charge on any atom is -0.462 e. The Bertz CT molecular complexity index is 494. The second-order valence-electron chi connectivity index (χ2n) is 3.99. The summed E-state index contributed by atoms with van der Waals surface area (Å²) < 4.78 is 15.0. The molecule has 0 aliphatic carbocycles. The number of rotatable bonds is 9. The van der Waals surface area contributed by atoms with Crippen LogP contribution in [0.3, 0.4) is 0 Å². The standard InChI is InChI=1S/C13H16ClNO6/c1-19-8-9-20-6-3-7-21-13(16)10-4-2-5-11(12(10)14)15(17)18/h2,4-5H,3,6-9H2,1H3. The Hall–Kier alpha value is -1.70. The van der Waals surface area contributed by atoms with Gasteiger partial charge < -0.3 is 14.2 Å². The van der Waals surface area contributed by atoms with Crippen molar-refractivity contribution in [2.24, 2.45) is 0 Å². The Balaban J connectivity index is 2.42. The molecule has 116 valence electrons. The van der Waals surface area contributed by atoms with Crippen molar-refractivity contribution in [2.75, 3.05) is 33.5 Å². The molecule has 0 spiro atoms. The van der Waals surface area contributed by atoms with Gasteiger partial charge in [0.25, 0.3) is 5.69 Å². The van der Waals surface area contributed by atoms with Crippen LogP contribution >= 0.6 is 11.6 Å². The number of nitro groups is 1. The topological polar surface area (TPSA) is 87.9 Å². The van der Waals surface area contributed by atoms with Gasteiger partial charge in [0.15, 0.2) is 0 Å². The maximum absolute atomic E-state index is 11.8. The first-order valence-corrected chi connectivity index (χ1v) is 6.62. The number of halogens is 1. The van der Waals surface area contributed by atoms with Crippen molar-refractivity contribution in [1.29, 1.82) is 0 Å². The predicted molar refractivity (Wildman–Crippen MR) is 75.7 cm³/mol. The second-order valence-corrected chi connectivity index (χ2v) is 4.37. The summed E-state index contributed by atoms with van der Waals surface area (Å²) >= 11 is 5.81. The molecule has 0 aromatic heterocycles. The van der Waals surface area contributed by atoms with Gasteiger partial charge in [0.2, 0.25) is 0 Å². The lowest BCUT2D eigenvalue weighted by atomic mass is 10.2. The van der Waals surface area contributed by atoms with E-state index in [2.05, 4.69) is 0 Å². The van der Waals surface area contributed by atoms with Crippen LogP contribution in [0.1, 0.15) is 16.8 Å². The van der Waals surface area contributed by atoms with Crippen LogP contribution in [0.25, 0.3) is 0 Å². The number of hydrogen-bond donors (Lipinski definition) is 0. The summed E-state index contributed by atoms with van der Waals surface area (Å²) in [4.78, 5) is 21.9. The number of carbonyl (C=O) groups excluding carboxylic acids is 1. The van der Waals surface area contributed by atoms with Gasteiger partial charge in [-0.05, 0) is 6.07 Å². The highest BCUT2D eigenvalue weighted by Gasteiger charge is 2.20. The van der Waals surface area contributed by atoms with E-state index in [0.29, 0.717) is 26.2 Å². The number of carbonyl (C=O) groups is 1. The second kappa shape index (κ2) is 9.28. The van der Waals surface area contributed by atoms with Gasteiger partial charge in [0.05, 0.1) is 30.3 Å². The van der Waals surface area contributed by atoms with Crippen molar-refractivity contribution >= 4 is 23.3 Å². The van der Waals surface area contributed by atoms with Crippen LogP contribution in [0.2, 0.25) is 5.02 Å². The van der Waals surface area contributed by atoms with Crippen molar-refractivity contribution in [3.8, 4) is 0 Å². The Labute approximate surface area is 126 Å². The lowest BCUT2D eigenvalue weighted by molar-refractivity contribution is -0.384. The molecular formula is C13H16ClNO6. The number of esters is 1. The van der Waals surface area contributed by atoms with Gasteiger partial charge in [-0.15, -0.1) is 0 Å². The zero-order chi connectivity index (χ0) is 15.7. The molecular weight excluding hydrogens is 302 g/mol. The van der Waals surface area contributed by atoms with E-state index in [1.807, 2.05) is 0 Å². The van der Waals surface area contributed by atoms with E-state index in [1.165, 1.54) is 18.2 Å². The Kier molecular flexibility index (Phi) is 7.66. The fraction of sp³-hybridized carbons (Fsp3) is 0.462. The van der Waals surface area contributed by atoms with Gasteiger partial charge in [-0.25, -0.2) is 4.79 Å². The van der Waals surface area contributed by atoms with Crippen molar-refractivity contribution in [3.63, 3.8) is 0 Å². The first-order chi connectivity index (χ1) is 10.1. The van der Waals surface area contributed by atoms with E-state index in [-0.39, 0.29) is 22.9 Å². The average Bonchev–Trinajstić information content (AvgIpc) is 2.46. The summed E-state index contributed by atoms with van der Waals surface area (Å²) in [7, 11) is 1.58. The largest absolute Gasteiger partial charge is 0.462 e. The molecule has 0 saturated carbocycles. The number of hydrogen-bond acceptors (Lipinski definition) is 6. The van der Waals surface area contributed by atoms with Gasteiger partial charge >= 0.3 is 5.97 Å². The summed E-state index contributed by atoms with van der Waals surface area (Å²) in [5.74, 6) is -0.694. The van der Waals surface area contributed by atoms with Crippen molar-refractivity contribution in [3.05, 3.63) is 38.9 Å². The molecule has 0 saturated heterocycles. The number of nitro benzene ring substituents is 1. The fourth-order valence-corrected chi connectivity index (χ4v) is 1.74. The van der Waals surface area contributed by atoms with Crippen LogP contribution < -0.4 is 0 Å². The molecule has 0 aliphatic rings. The predicted octanol–water partition coefficient (Wildman–Crippen LogP) is 2.46. The highest BCUT2D eigenvalue weighted by molar-refractivity contribution is 6.35. The highest BCUT2D eigenvalue weighted by atomic mass is 35.5. The molecule has 21 heavy (non-hydrogen) atoms. The number of methoxy groups -OCH3 is 1. The molecule has 8 heteroatoms. The lowest BCUT2D eigenvalue weighted by Gasteiger charge is -2.07. The van der Waals surface area contributed by atoms with Crippen LogP contribution in [-0.4, -0.2) is 44.4 Å². The SMILES string of the molecule is COCCOCCCOC(=O)c1cccc([N+](=O)[O-])c1Cl. The molecule has 0 unspecified atom stereocenters. The third-order valence-electron chi connectivity index (χ3n) is 2.49. The lowest BCUT2D eigenvalue weighted by Crippen LogP contribution is -2.10. The van der Waals surface area contributed by atoms with E-state index in [0.717, 1.165) is 0 Å².